The Kier molecular flexibility index (Phi) is 7.15. The van der Waals surface area contributed by atoms with Gasteiger partial charge in [0.15, 0.2) is 0 Å². The summed E-state index contributed by atoms with van der Waals surface area (Å²) in [5.41, 5.74) is 3.26. The second-order valence-electron chi connectivity index (χ2n) is 9.94. The highest BCUT2D eigenvalue weighted by molar-refractivity contribution is 5.91. The highest BCUT2D eigenvalue weighted by Gasteiger charge is 2.47. The van der Waals surface area contributed by atoms with Gasteiger partial charge in [-0.1, -0.05) is 68.8 Å². The zero-order chi connectivity index (χ0) is 25.2. The van der Waals surface area contributed by atoms with Crippen molar-refractivity contribution >= 4 is 18.0 Å². The van der Waals surface area contributed by atoms with Crippen LogP contribution < -0.4 is 5.32 Å². The number of fused-ring (bicyclic) bond motifs is 3. The highest BCUT2D eigenvalue weighted by Crippen LogP contribution is 2.44. The van der Waals surface area contributed by atoms with E-state index in [1.54, 1.807) is 6.92 Å². The minimum Gasteiger partial charge on any atom is -0.480 e. The molecule has 1 fully saturated rings. The third kappa shape index (κ3) is 4.77. The fourth-order valence-corrected chi connectivity index (χ4v) is 5.30. The number of carboxylic acid groups (broad SMARTS) is 1. The molecule has 0 saturated carbocycles. The Morgan fingerprint density at radius 3 is 2.29 bits per heavy atom. The van der Waals surface area contributed by atoms with E-state index >= 15 is 0 Å². The average Bonchev–Trinajstić information content (AvgIpc) is 3.41. The van der Waals surface area contributed by atoms with E-state index in [4.69, 9.17) is 4.74 Å². The first kappa shape index (κ1) is 24.8. The van der Waals surface area contributed by atoms with Crippen LogP contribution >= 0.6 is 0 Å². The first-order chi connectivity index (χ1) is 16.8. The number of alkyl carbamates (subject to hydrolysis) is 1. The van der Waals surface area contributed by atoms with Crippen molar-refractivity contribution in [1.29, 1.82) is 0 Å². The molecule has 2 aromatic carbocycles. The summed E-state index contributed by atoms with van der Waals surface area (Å²) in [6.45, 7) is 6.14. The summed E-state index contributed by atoms with van der Waals surface area (Å²) in [6.07, 6.45) is 1.62. The van der Waals surface area contributed by atoms with E-state index in [1.165, 1.54) is 4.90 Å². The summed E-state index contributed by atoms with van der Waals surface area (Å²) in [4.78, 5) is 39.6. The van der Waals surface area contributed by atoms with E-state index in [-0.39, 0.29) is 24.3 Å². The molecule has 1 aliphatic carbocycles. The van der Waals surface area contributed by atoms with E-state index in [2.05, 4.69) is 29.6 Å². The van der Waals surface area contributed by atoms with Gasteiger partial charge in [-0.2, -0.15) is 0 Å². The molecule has 1 heterocycles. The van der Waals surface area contributed by atoms with Crippen LogP contribution in [0.1, 0.15) is 63.5 Å². The Hall–Kier alpha value is -3.35. The minimum atomic E-state index is -1.26. The van der Waals surface area contributed by atoms with Gasteiger partial charge in [-0.15, -0.1) is 0 Å². The van der Waals surface area contributed by atoms with Crippen LogP contribution in [0.3, 0.4) is 0 Å². The second-order valence-corrected chi connectivity index (χ2v) is 9.94. The van der Waals surface area contributed by atoms with Gasteiger partial charge in [-0.05, 0) is 54.4 Å². The van der Waals surface area contributed by atoms with Crippen LogP contribution in [0.2, 0.25) is 0 Å². The number of benzene rings is 2. The molecule has 0 bridgehead atoms. The normalized spacial score (nSPS) is 20.6. The Morgan fingerprint density at radius 2 is 1.71 bits per heavy atom. The van der Waals surface area contributed by atoms with Crippen molar-refractivity contribution in [3.05, 3.63) is 59.7 Å². The summed E-state index contributed by atoms with van der Waals surface area (Å²) >= 11 is 0. The van der Waals surface area contributed by atoms with Gasteiger partial charge in [-0.25, -0.2) is 9.59 Å². The topological polar surface area (TPSA) is 95.9 Å². The number of ether oxygens (including phenoxy) is 1. The van der Waals surface area contributed by atoms with Gasteiger partial charge in [-0.3, -0.25) is 4.79 Å². The number of aliphatic carboxylic acids is 1. The first-order valence-electron chi connectivity index (χ1n) is 12.4. The standard InChI is InChI=1S/C28H34N2O5/c1-4-18(2)16-24(25(31)30-15-9-14-28(30,3)26(32)33)29-27(34)35-17-23-21-12-7-5-10-19(21)20-11-6-8-13-22(20)23/h5-8,10-13,18,23-24H,4,9,14-17H2,1-3H3,(H,29,34)(H,32,33)/t18?,24?,28-/m1/s1. The van der Waals surface area contributed by atoms with E-state index in [9.17, 15) is 19.5 Å². The third-order valence-corrected chi connectivity index (χ3v) is 7.64. The molecule has 2 amide bonds. The highest BCUT2D eigenvalue weighted by atomic mass is 16.5. The maximum atomic E-state index is 13.4. The molecule has 2 N–H and O–H groups in total. The maximum absolute atomic E-state index is 13.4. The minimum absolute atomic E-state index is 0.0780. The molecular formula is C28H34N2O5. The molecule has 4 rings (SSSR count). The molecule has 2 aliphatic rings. The smallest absolute Gasteiger partial charge is 0.407 e. The molecule has 186 valence electrons. The Bertz CT molecular complexity index is 1070. The fourth-order valence-electron chi connectivity index (χ4n) is 5.30. The Balaban J connectivity index is 1.47. The van der Waals surface area contributed by atoms with Crippen molar-refractivity contribution in [2.75, 3.05) is 13.2 Å². The number of hydrogen-bond donors (Lipinski definition) is 2. The monoisotopic (exact) mass is 478 g/mol. The number of nitrogens with one attached hydrogen (secondary N) is 1. The average molecular weight is 479 g/mol. The summed E-state index contributed by atoms with van der Waals surface area (Å²) in [5, 5.41) is 12.5. The van der Waals surface area contributed by atoms with E-state index in [0.29, 0.717) is 25.8 Å². The van der Waals surface area contributed by atoms with Crippen molar-refractivity contribution in [3.8, 4) is 11.1 Å². The Morgan fingerprint density at radius 1 is 1.11 bits per heavy atom. The number of hydrogen-bond acceptors (Lipinski definition) is 4. The van der Waals surface area contributed by atoms with Crippen LogP contribution in [0.25, 0.3) is 11.1 Å². The lowest BCUT2D eigenvalue weighted by atomic mass is 9.95. The number of carbonyl (C=O) groups is 3. The van der Waals surface area contributed by atoms with Crippen LogP contribution in [0.5, 0.6) is 0 Å². The lowest BCUT2D eigenvalue weighted by Gasteiger charge is -2.34. The molecule has 0 spiro atoms. The number of likely N-dealkylation sites (tertiary alicyclic amines) is 1. The molecule has 1 aliphatic heterocycles. The van der Waals surface area contributed by atoms with Crippen LogP contribution in [-0.2, 0) is 14.3 Å². The number of nitrogens with zero attached hydrogens (tertiary/aromatic N) is 1. The van der Waals surface area contributed by atoms with Crippen LogP contribution in [0.15, 0.2) is 48.5 Å². The zero-order valence-corrected chi connectivity index (χ0v) is 20.6. The number of rotatable bonds is 8. The van der Waals surface area contributed by atoms with Crippen molar-refractivity contribution in [2.24, 2.45) is 5.92 Å². The SMILES string of the molecule is CCC(C)CC(NC(=O)OCC1c2ccccc2-c2ccccc21)C(=O)N1CCC[C@]1(C)C(=O)O. The lowest BCUT2D eigenvalue weighted by molar-refractivity contribution is -0.156. The van der Waals surface area contributed by atoms with Crippen molar-refractivity contribution in [1.82, 2.24) is 10.2 Å². The maximum Gasteiger partial charge on any atom is 0.407 e. The number of amides is 2. The van der Waals surface area contributed by atoms with Crippen LogP contribution in [0.4, 0.5) is 4.79 Å². The van der Waals surface area contributed by atoms with Crippen molar-refractivity contribution in [2.45, 2.75) is 64.0 Å². The predicted molar refractivity (Wildman–Crippen MR) is 133 cm³/mol. The Labute approximate surface area is 206 Å². The summed E-state index contributed by atoms with van der Waals surface area (Å²) < 4.78 is 5.66. The van der Waals surface area contributed by atoms with Crippen LogP contribution in [0, 0.1) is 5.92 Å². The molecule has 35 heavy (non-hydrogen) atoms. The van der Waals surface area contributed by atoms with Crippen molar-refractivity contribution in [3.63, 3.8) is 0 Å². The number of carbonyl (C=O) groups excluding carboxylic acids is 2. The van der Waals surface area contributed by atoms with Gasteiger partial charge in [0.25, 0.3) is 0 Å². The van der Waals surface area contributed by atoms with Gasteiger partial charge in [0.2, 0.25) is 5.91 Å². The lowest BCUT2D eigenvalue weighted by Crippen LogP contribution is -2.57. The van der Waals surface area contributed by atoms with Crippen molar-refractivity contribution < 1.29 is 24.2 Å². The summed E-state index contributed by atoms with van der Waals surface area (Å²) in [5.74, 6) is -1.28. The molecule has 3 atom stereocenters. The molecule has 2 aromatic rings. The van der Waals surface area contributed by atoms with E-state index < -0.39 is 23.6 Å². The quantitative estimate of drug-likeness (QED) is 0.568. The molecular weight excluding hydrogens is 444 g/mol. The molecule has 2 unspecified atom stereocenters. The van der Waals surface area contributed by atoms with Gasteiger partial charge in [0.1, 0.15) is 18.2 Å². The summed E-state index contributed by atoms with van der Waals surface area (Å²) in [6, 6.07) is 15.4. The molecule has 0 radical (unpaired) electrons. The number of carboxylic acids is 1. The van der Waals surface area contributed by atoms with Gasteiger partial charge < -0.3 is 20.1 Å². The zero-order valence-electron chi connectivity index (χ0n) is 20.6. The molecule has 7 heteroatoms. The third-order valence-electron chi connectivity index (χ3n) is 7.64. The fraction of sp³-hybridized carbons (Fsp3) is 0.464. The van der Waals surface area contributed by atoms with Gasteiger partial charge in [0.05, 0.1) is 0 Å². The largest absolute Gasteiger partial charge is 0.480 e. The predicted octanol–water partition coefficient (Wildman–Crippen LogP) is 4.80. The van der Waals surface area contributed by atoms with Crippen LogP contribution in [-0.4, -0.2) is 52.7 Å². The van der Waals surface area contributed by atoms with E-state index in [1.807, 2.05) is 38.1 Å². The first-order valence-corrected chi connectivity index (χ1v) is 12.4. The molecule has 1 saturated heterocycles. The van der Waals surface area contributed by atoms with Gasteiger partial charge in [0, 0.05) is 12.5 Å². The second kappa shape index (κ2) is 10.1. The molecule has 7 nitrogen and oxygen atoms in total. The summed E-state index contributed by atoms with van der Waals surface area (Å²) in [7, 11) is 0. The molecule has 0 aromatic heterocycles. The van der Waals surface area contributed by atoms with E-state index in [0.717, 1.165) is 28.7 Å². The van der Waals surface area contributed by atoms with Gasteiger partial charge >= 0.3 is 12.1 Å².